The number of likely N-dealkylation sites (tertiary alicyclic amines) is 1. The molecule has 1 N–H and O–H groups in total. The number of piperidine rings is 1. The molecule has 4 nitrogen and oxygen atoms in total. The summed E-state index contributed by atoms with van der Waals surface area (Å²) in [5, 5.41) is 10.5. The second-order valence-corrected chi connectivity index (χ2v) is 4.87. The van der Waals surface area contributed by atoms with Crippen molar-refractivity contribution in [3.8, 4) is 0 Å². The quantitative estimate of drug-likeness (QED) is 0.828. The highest BCUT2D eigenvalue weighted by Crippen LogP contribution is 2.23. The van der Waals surface area contributed by atoms with Crippen molar-refractivity contribution in [3.63, 3.8) is 0 Å². The van der Waals surface area contributed by atoms with Crippen molar-refractivity contribution in [2.75, 3.05) is 20.1 Å². The van der Waals surface area contributed by atoms with Crippen LogP contribution in [0.5, 0.6) is 0 Å². The Morgan fingerprint density at radius 3 is 3.06 bits per heavy atom. The molecule has 1 fully saturated rings. The predicted octanol–water partition coefficient (Wildman–Crippen LogP) is 0.902. The molecular weight excluding hydrogens is 202 g/mol. The van der Waals surface area contributed by atoms with Crippen molar-refractivity contribution in [2.24, 2.45) is 0 Å². The van der Waals surface area contributed by atoms with Crippen LogP contribution in [0.3, 0.4) is 0 Å². The first-order valence-corrected chi connectivity index (χ1v) is 6.04. The maximum Gasteiger partial charge on any atom is 0.111 e. The molecule has 0 aromatic carbocycles. The van der Waals surface area contributed by atoms with E-state index in [0.29, 0.717) is 6.42 Å². The van der Waals surface area contributed by atoms with Gasteiger partial charge < -0.3 is 14.6 Å². The van der Waals surface area contributed by atoms with Gasteiger partial charge in [0, 0.05) is 31.9 Å². The van der Waals surface area contributed by atoms with E-state index in [9.17, 15) is 5.11 Å². The van der Waals surface area contributed by atoms with E-state index in [2.05, 4.69) is 28.4 Å². The normalized spacial score (nSPS) is 27.2. The lowest BCUT2D eigenvalue weighted by molar-refractivity contribution is -0.0243. The number of rotatable bonds is 3. The zero-order valence-electron chi connectivity index (χ0n) is 10.2. The maximum absolute atomic E-state index is 10.5. The molecule has 90 valence electrons. The number of nitrogens with zero attached hydrogens (tertiary/aromatic N) is 3. The largest absolute Gasteiger partial charge is 0.388 e. The van der Waals surface area contributed by atoms with Gasteiger partial charge in [0.15, 0.2) is 0 Å². The van der Waals surface area contributed by atoms with Crippen molar-refractivity contribution >= 4 is 0 Å². The van der Waals surface area contributed by atoms with E-state index in [1.165, 1.54) is 0 Å². The van der Waals surface area contributed by atoms with Crippen LogP contribution in [0.1, 0.15) is 25.6 Å². The smallest absolute Gasteiger partial charge is 0.111 e. The molecule has 16 heavy (non-hydrogen) atoms. The van der Waals surface area contributed by atoms with Gasteiger partial charge in [0.25, 0.3) is 0 Å². The summed E-state index contributed by atoms with van der Waals surface area (Å²) in [7, 11) is 2.07. The van der Waals surface area contributed by atoms with Crippen molar-refractivity contribution in [1.29, 1.82) is 0 Å². The third-order valence-electron chi connectivity index (χ3n) is 3.38. The van der Waals surface area contributed by atoms with Crippen molar-refractivity contribution < 1.29 is 5.11 Å². The summed E-state index contributed by atoms with van der Waals surface area (Å²) in [4.78, 5) is 6.53. The van der Waals surface area contributed by atoms with Gasteiger partial charge in [0.05, 0.1) is 5.60 Å². The van der Waals surface area contributed by atoms with Crippen LogP contribution in [-0.4, -0.2) is 45.3 Å². The molecule has 0 bridgehead atoms. The molecule has 1 aromatic rings. The number of aliphatic hydroxyl groups is 1. The average Bonchev–Trinajstić information content (AvgIpc) is 2.63. The molecule has 2 heterocycles. The van der Waals surface area contributed by atoms with Crippen molar-refractivity contribution in [1.82, 2.24) is 14.5 Å². The van der Waals surface area contributed by atoms with Gasteiger partial charge in [0.1, 0.15) is 5.82 Å². The van der Waals surface area contributed by atoms with Crippen LogP contribution in [0.25, 0.3) is 0 Å². The minimum atomic E-state index is -0.592. The molecule has 1 aromatic heterocycles. The zero-order chi connectivity index (χ0) is 11.6. The summed E-state index contributed by atoms with van der Waals surface area (Å²) in [5.41, 5.74) is -0.592. The molecular formula is C12H21N3O. The molecule has 4 heteroatoms. The Morgan fingerprint density at radius 1 is 1.56 bits per heavy atom. The Balaban J connectivity index is 2.08. The fourth-order valence-electron chi connectivity index (χ4n) is 2.57. The minimum absolute atomic E-state index is 0.592. The van der Waals surface area contributed by atoms with Crippen molar-refractivity contribution in [2.45, 2.75) is 38.3 Å². The summed E-state index contributed by atoms with van der Waals surface area (Å²) >= 11 is 0. The fraction of sp³-hybridized carbons (Fsp3) is 0.750. The van der Waals surface area contributed by atoms with Crippen LogP contribution in [0.4, 0.5) is 0 Å². The maximum atomic E-state index is 10.5. The van der Waals surface area contributed by atoms with E-state index in [4.69, 9.17) is 0 Å². The Hall–Kier alpha value is -0.870. The Labute approximate surface area is 96.9 Å². The fourth-order valence-corrected chi connectivity index (χ4v) is 2.57. The lowest BCUT2D eigenvalue weighted by Crippen LogP contribution is -2.48. The molecule has 1 aliphatic rings. The Bertz CT molecular complexity index is 350. The van der Waals surface area contributed by atoms with E-state index in [1.807, 2.05) is 12.4 Å². The lowest BCUT2D eigenvalue weighted by Gasteiger charge is -2.37. The van der Waals surface area contributed by atoms with Gasteiger partial charge in [-0.1, -0.05) is 0 Å². The van der Waals surface area contributed by atoms with E-state index in [-0.39, 0.29) is 0 Å². The summed E-state index contributed by atoms with van der Waals surface area (Å²) < 4.78 is 2.10. The predicted molar refractivity (Wildman–Crippen MR) is 63.3 cm³/mol. The molecule has 1 aliphatic heterocycles. The van der Waals surface area contributed by atoms with E-state index in [1.54, 1.807) is 0 Å². The number of aromatic nitrogens is 2. The monoisotopic (exact) mass is 223 g/mol. The van der Waals surface area contributed by atoms with E-state index < -0.39 is 5.60 Å². The molecule has 1 saturated heterocycles. The second kappa shape index (κ2) is 4.55. The third-order valence-corrected chi connectivity index (χ3v) is 3.38. The van der Waals surface area contributed by atoms with E-state index in [0.717, 1.165) is 38.3 Å². The minimum Gasteiger partial charge on any atom is -0.388 e. The second-order valence-electron chi connectivity index (χ2n) is 4.87. The molecule has 0 saturated carbocycles. The number of likely N-dealkylation sites (N-methyl/N-ethyl adjacent to an activating group) is 1. The first kappa shape index (κ1) is 11.6. The number of aryl methyl sites for hydroxylation is 1. The lowest BCUT2D eigenvalue weighted by atomic mass is 9.89. The van der Waals surface area contributed by atoms with Gasteiger partial charge in [-0.25, -0.2) is 4.98 Å². The summed E-state index contributed by atoms with van der Waals surface area (Å²) in [6.07, 6.45) is 6.41. The molecule has 0 radical (unpaired) electrons. The summed E-state index contributed by atoms with van der Waals surface area (Å²) in [5.74, 6) is 1.00. The van der Waals surface area contributed by atoms with Crippen LogP contribution in [0.2, 0.25) is 0 Å². The van der Waals surface area contributed by atoms with Crippen LogP contribution in [0, 0.1) is 0 Å². The number of hydrogen-bond acceptors (Lipinski definition) is 3. The topological polar surface area (TPSA) is 41.3 Å². The Morgan fingerprint density at radius 2 is 2.38 bits per heavy atom. The summed E-state index contributed by atoms with van der Waals surface area (Å²) in [6, 6.07) is 0. The van der Waals surface area contributed by atoms with Crippen molar-refractivity contribution in [3.05, 3.63) is 18.2 Å². The zero-order valence-corrected chi connectivity index (χ0v) is 10.2. The molecule has 0 spiro atoms. The van der Waals surface area contributed by atoms with Gasteiger partial charge >= 0.3 is 0 Å². The summed E-state index contributed by atoms with van der Waals surface area (Å²) in [6.45, 7) is 4.86. The SMILES string of the molecule is CCn1ccnc1CC1(O)CCCN(C)C1. The van der Waals surface area contributed by atoms with Crippen LogP contribution < -0.4 is 0 Å². The molecule has 0 amide bonds. The van der Waals surface area contributed by atoms with Gasteiger partial charge in [-0.3, -0.25) is 0 Å². The van der Waals surface area contributed by atoms with Gasteiger partial charge in [0.2, 0.25) is 0 Å². The first-order chi connectivity index (χ1) is 7.63. The third kappa shape index (κ3) is 2.44. The van der Waals surface area contributed by atoms with Crippen LogP contribution in [-0.2, 0) is 13.0 Å². The van der Waals surface area contributed by atoms with E-state index >= 15 is 0 Å². The molecule has 0 aliphatic carbocycles. The Kier molecular flexibility index (Phi) is 3.30. The standard InChI is InChI=1S/C12H21N3O/c1-3-15-8-6-13-11(15)9-12(16)5-4-7-14(2)10-12/h6,8,16H,3-5,7,9-10H2,1-2H3. The molecule has 1 unspecified atom stereocenters. The van der Waals surface area contributed by atoms with Gasteiger partial charge in [-0.2, -0.15) is 0 Å². The number of imidazole rings is 1. The highest BCUT2D eigenvalue weighted by atomic mass is 16.3. The first-order valence-electron chi connectivity index (χ1n) is 6.04. The van der Waals surface area contributed by atoms with Crippen LogP contribution in [0.15, 0.2) is 12.4 Å². The number of hydrogen-bond donors (Lipinski definition) is 1. The van der Waals surface area contributed by atoms with Gasteiger partial charge in [-0.05, 0) is 33.4 Å². The highest BCUT2D eigenvalue weighted by Gasteiger charge is 2.33. The van der Waals surface area contributed by atoms with Gasteiger partial charge in [-0.15, -0.1) is 0 Å². The average molecular weight is 223 g/mol. The van der Waals surface area contributed by atoms with Crippen LogP contribution >= 0.6 is 0 Å². The molecule has 1 atom stereocenters. The highest BCUT2D eigenvalue weighted by molar-refractivity contribution is 5.00. The molecule has 2 rings (SSSR count). The number of β-amino-alcohol motifs (C(OH)–C–C–N with tert-alkyl or cyclic N) is 1.